The largest absolute Gasteiger partial charge is 0.495 e. The second kappa shape index (κ2) is 7.13. The molecule has 1 heterocycles. The Kier molecular flexibility index (Phi) is 4.94. The molecule has 2 aromatic carbocycles. The molecule has 0 unspecified atom stereocenters. The smallest absolute Gasteiger partial charge is 0.237 e. The quantitative estimate of drug-likeness (QED) is 0.872. The zero-order valence-electron chi connectivity index (χ0n) is 13.7. The molecule has 0 amide bonds. The van der Waals surface area contributed by atoms with E-state index in [-0.39, 0.29) is 5.75 Å². The number of benzene rings is 2. The highest BCUT2D eigenvalue weighted by Crippen LogP contribution is 2.32. The van der Waals surface area contributed by atoms with E-state index in [1.165, 1.54) is 12.8 Å². The van der Waals surface area contributed by atoms with Crippen LogP contribution in [-0.2, 0) is 15.8 Å². The lowest BCUT2D eigenvalue weighted by molar-refractivity contribution is 0.417. The van der Waals surface area contributed by atoms with Crippen molar-refractivity contribution in [3.8, 4) is 5.75 Å². The van der Waals surface area contributed by atoms with Crippen molar-refractivity contribution in [3.05, 3.63) is 54.1 Å². The van der Waals surface area contributed by atoms with E-state index >= 15 is 0 Å². The Morgan fingerprint density at radius 3 is 2.46 bits per heavy atom. The lowest BCUT2D eigenvalue weighted by Gasteiger charge is -2.20. The van der Waals surface area contributed by atoms with E-state index in [1.54, 1.807) is 19.2 Å². The van der Waals surface area contributed by atoms with E-state index in [2.05, 4.69) is 9.62 Å². The molecule has 0 radical (unpaired) electrons. The first-order chi connectivity index (χ1) is 11.6. The molecular weight excluding hydrogens is 324 g/mol. The molecule has 0 atom stereocenters. The van der Waals surface area contributed by atoms with E-state index in [0.717, 1.165) is 24.3 Å². The van der Waals surface area contributed by atoms with Crippen molar-refractivity contribution in [2.75, 3.05) is 29.8 Å². The van der Waals surface area contributed by atoms with Crippen LogP contribution in [0.25, 0.3) is 0 Å². The summed E-state index contributed by atoms with van der Waals surface area (Å²) in [7, 11) is -1.97. The average Bonchev–Trinajstić information content (AvgIpc) is 3.09. The zero-order valence-corrected chi connectivity index (χ0v) is 14.6. The molecule has 0 saturated carbocycles. The van der Waals surface area contributed by atoms with Crippen LogP contribution in [0.2, 0.25) is 0 Å². The van der Waals surface area contributed by atoms with Gasteiger partial charge >= 0.3 is 0 Å². The summed E-state index contributed by atoms with van der Waals surface area (Å²) in [5, 5.41) is 0. The van der Waals surface area contributed by atoms with Crippen LogP contribution in [0, 0.1) is 0 Å². The second-order valence-corrected chi connectivity index (χ2v) is 7.65. The van der Waals surface area contributed by atoms with Crippen molar-refractivity contribution in [2.24, 2.45) is 0 Å². The van der Waals surface area contributed by atoms with Crippen LogP contribution in [0.4, 0.5) is 11.4 Å². The van der Waals surface area contributed by atoms with Gasteiger partial charge in [0, 0.05) is 18.8 Å². The first-order valence-electron chi connectivity index (χ1n) is 8.05. The summed E-state index contributed by atoms with van der Waals surface area (Å²) < 4.78 is 33.0. The Balaban J connectivity index is 1.83. The molecule has 1 aliphatic rings. The third-order valence-electron chi connectivity index (χ3n) is 4.12. The number of methoxy groups -OCH3 is 1. The minimum Gasteiger partial charge on any atom is -0.495 e. The van der Waals surface area contributed by atoms with Crippen LogP contribution < -0.4 is 14.4 Å². The normalized spacial score (nSPS) is 14.6. The second-order valence-electron chi connectivity index (χ2n) is 5.93. The van der Waals surface area contributed by atoms with Crippen LogP contribution in [-0.4, -0.2) is 28.6 Å². The minimum atomic E-state index is -3.51. The number of nitrogens with zero attached hydrogens (tertiary/aromatic N) is 1. The average molecular weight is 346 g/mol. The Labute approximate surface area is 143 Å². The molecule has 5 nitrogen and oxygen atoms in total. The van der Waals surface area contributed by atoms with Gasteiger partial charge < -0.3 is 9.64 Å². The van der Waals surface area contributed by atoms with Crippen LogP contribution in [0.1, 0.15) is 18.4 Å². The van der Waals surface area contributed by atoms with Crippen molar-refractivity contribution < 1.29 is 13.2 Å². The van der Waals surface area contributed by atoms with Gasteiger partial charge in [-0.3, -0.25) is 4.72 Å². The zero-order chi connectivity index (χ0) is 17.0. The summed E-state index contributed by atoms with van der Waals surface area (Å²) in [5.74, 6) is 0.458. The van der Waals surface area contributed by atoms with Gasteiger partial charge in [-0.05, 0) is 36.6 Å². The summed E-state index contributed by atoms with van der Waals surface area (Å²) in [6.07, 6.45) is 2.34. The van der Waals surface area contributed by atoms with Gasteiger partial charge in [-0.15, -0.1) is 0 Å². The fourth-order valence-corrected chi connectivity index (χ4v) is 4.14. The van der Waals surface area contributed by atoms with Gasteiger partial charge in [0.1, 0.15) is 5.75 Å². The summed E-state index contributed by atoms with van der Waals surface area (Å²) in [5.41, 5.74) is 2.25. The number of hydrogen-bond acceptors (Lipinski definition) is 4. The van der Waals surface area contributed by atoms with Gasteiger partial charge in [0.05, 0.1) is 18.6 Å². The van der Waals surface area contributed by atoms with Gasteiger partial charge in [-0.25, -0.2) is 8.42 Å². The summed E-state index contributed by atoms with van der Waals surface area (Å²) in [6, 6.07) is 14.8. The number of ether oxygens (including phenoxy) is 1. The first kappa shape index (κ1) is 16.6. The highest BCUT2D eigenvalue weighted by molar-refractivity contribution is 7.91. The molecule has 128 valence electrons. The molecule has 0 aliphatic carbocycles. The van der Waals surface area contributed by atoms with Gasteiger partial charge in [-0.2, -0.15) is 0 Å². The van der Waals surface area contributed by atoms with E-state index in [1.807, 2.05) is 36.4 Å². The Morgan fingerprint density at radius 2 is 1.79 bits per heavy atom. The predicted molar refractivity (Wildman–Crippen MR) is 97.1 cm³/mol. The number of hydrogen-bond donors (Lipinski definition) is 1. The molecule has 1 saturated heterocycles. The lowest BCUT2D eigenvalue weighted by Crippen LogP contribution is -2.19. The van der Waals surface area contributed by atoms with Crippen LogP contribution in [0.15, 0.2) is 48.5 Å². The molecule has 2 aromatic rings. The van der Waals surface area contributed by atoms with Crippen molar-refractivity contribution in [1.29, 1.82) is 0 Å². The molecule has 24 heavy (non-hydrogen) atoms. The van der Waals surface area contributed by atoms with Gasteiger partial charge in [0.15, 0.2) is 0 Å². The Bertz CT molecular complexity index is 785. The Hall–Kier alpha value is -2.21. The molecule has 6 heteroatoms. The highest BCUT2D eigenvalue weighted by Gasteiger charge is 2.18. The lowest BCUT2D eigenvalue weighted by atomic mass is 10.2. The van der Waals surface area contributed by atoms with E-state index < -0.39 is 10.0 Å². The van der Waals surface area contributed by atoms with Gasteiger partial charge in [-0.1, -0.05) is 30.3 Å². The molecular formula is C18H22N2O3S. The molecule has 0 bridgehead atoms. The standard InChI is InChI=1S/C18H22N2O3S/c1-23-18-10-9-16(20-11-5-6-12-20)13-17(18)19-24(21,22)14-15-7-3-2-4-8-15/h2-4,7-10,13,19H,5-6,11-12,14H2,1H3. The van der Waals surface area contributed by atoms with Crippen molar-refractivity contribution in [3.63, 3.8) is 0 Å². The summed E-state index contributed by atoms with van der Waals surface area (Å²) in [4.78, 5) is 2.26. The van der Waals surface area contributed by atoms with E-state index in [0.29, 0.717) is 11.4 Å². The number of anilines is 2. The maximum atomic E-state index is 12.5. The predicted octanol–water partition coefficient (Wildman–Crippen LogP) is 3.24. The fourth-order valence-electron chi connectivity index (χ4n) is 2.95. The highest BCUT2D eigenvalue weighted by atomic mass is 32.2. The fraction of sp³-hybridized carbons (Fsp3) is 0.333. The van der Waals surface area contributed by atoms with Crippen molar-refractivity contribution in [2.45, 2.75) is 18.6 Å². The number of rotatable bonds is 6. The molecule has 0 spiro atoms. The van der Waals surface area contributed by atoms with Gasteiger partial charge in [0.2, 0.25) is 10.0 Å². The number of nitrogens with one attached hydrogen (secondary N) is 1. The molecule has 0 aromatic heterocycles. The van der Waals surface area contributed by atoms with Crippen LogP contribution in [0.5, 0.6) is 5.75 Å². The maximum absolute atomic E-state index is 12.5. The van der Waals surface area contributed by atoms with Gasteiger partial charge in [0.25, 0.3) is 0 Å². The van der Waals surface area contributed by atoms with E-state index in [9.17, 15) is 8.42 Å². The number of sulfonamides is 1. The minimum absolute atomic E-state index is 0.0645. The van der Waals surface area contributed by atoms with Crippen LogP contribution in [0.3, 0.4) is 0 Å². The monoisotopic (exact) mass is 346 g/mol. The maximum Gasteiger partial charge on any atom is 0.237 e. The first-order valence-corrected chi connectivity index (χ1v) is 9.70. The molecule has 1 N–H and O–H groups in total. The summed E-state index contributed by atoms with van der Waals surface area (Å²) >= 11 is 0. The topological polar surface area (TPSA) is 58.6 Å². The Morgan fingerprint density at radius 1 is 1.08 bits per heavy atom. The third kappa shape index (κ3) is 4.00. The molecule has 3 rings (SSSR count). The SMILES string of the molecule is COc1ccc(N2CCCC2)cc1NS(=O)(=O)Cc1ccccc1. The van der Waals surface area contributed by atoms with Crippen LogP contribution >= 0.6 is 0 Å². The molecule has 1 aliphatic heterocycles. The molecule has 1 fully saturated rings. The van der Waals surface area contributed by atoms with Crippen molar-refractivity contribution in [1.82, 2.24) is 0 Å². The third-order valence-corrected chi connectivity index (χ3v) is 5.36. The summed E-state index contributed by atoms with van der Waals surface area (Å²) in [6.45, 7) is 2.01. The van der Waals surface area contributed by atoms with Crippen molar-refractivity contribution >= 4 is 21.4 Å². The van der Waals surface area contributed by atoms with E-state index in [4.69, 9.17) is 4.74 Å².